The maximum absolute atomic E-state index is 11.6. The first-order valence-corrected chi connectivity index (χ1v) is 6.18. The molecule has 0 heterocycles. The van der Waals surface area contributed by atoms with E-state index in [1.807, 2.05) is 6.07 Å². The number of rotatable bonds is 5. The second kappa shape index (κ2) is 5.29. The number of methoxy groups -OCH3 is 1. The van der Waals surface area contributed by atoms with Crippen LogP contribution in [0.3, 0.4) is 0 Å². The molecule has 1 aromatic carbocycles. The third-order valence-corrected chi connectivity index (χ3v) is 3.42. The summed E-state index contributed by atoms with van der Waals surface area (Å²) in [7, 11) is 1.10. The summed E-state index contributed by atoms with van der Waals surface area (Å²) in [5.41, 5.74) is 1.45. The lowest BCUT2D eigenvalue weighted by atomic mass is 10.2. The van der Waals surface area contributed by atoms with Gasteiger partial charge in [-0.3, -0.25) is 4.72 Å². The van der Waals surface area contributed by atoms with Gasteiger partial charge in [0.05, 0.1) is 12.3 Å². The zero-order chi connectivity index (χ0) is 12.2. The van der Waals surface area contributed by atoms with Gasteiger partial charge < -0.3 is 4.74 Å². The first-order valence-electron chi connectivity index (χ1n) is 4.74. The Morgan fingerprint density at radius 2 is 2.06 bits per heavy atom. The summed E-state index contributed by atoms with van der Waals surface area (Å²) in [6.07, 6.45) is 0. The number of hydrogen-bond donors (Lipinski definition) is 1. The molecule has 0 atom stereocenters. The van der Waals surface area contributed by atoms with Crippen molar-refractivity contribution in [3.05, 3.63) is 29.8 Å². The molecule has 5 nitrogen and oxygen atoms in total. The highest BCUT2D eigenvalue weighted by atomic mass is 32.2. The van der Waals surface area contributed by atoms with Crippen molar-refractivity contribution in [2.24, 2.45) is 0 Å². The molecular formula is C10H16N2O3S. The second-order valence-electron chi connectivity index (χ2n) is 3.52. The highest BCUT2D eigenvalue weighted by Gasteiger charge is 2.12. The van der Waals surface area contributed by atoms with Crippen LogP contribution in [-0.2, 0) is 21.6 Å². The monoisotopic (exact) mass is 244 g/mol. The van der Waals surface area contributed by atoms with Gasteiger partial charge in [-0.2, -0.15) is 12.7 Å². The first kappa shape index (κ1) is 13.0. The van der Waals surface area contributed by atoms with Gasteiger partial charge in [0.25, 0.3) is 0 Å². The summed E-state index contributed by atoms with van der Waals surface area (Å²) in [6.45, 7) is 0.456. The van der Waals surface area contributed by atoms with E-state index in [1.54, 1.807) is 25.3 Å². The van der Waals surface area contributed by atoms with Crippen molar-refractivity contribution in [3.8, 4) is 0 Å². The fraction of sp³-hybridized carbons (Fsp3) is 0.400. The van der Waals surface area contributed by atoms with E-state index in [-0.39, 0.29) is 0 Å². The SMILES string of the molecule is COCc1cccc(NS(=O)(=O)N(C)C)c1. The molecular weight excluding hydrogens is 228 g/mol. The Morgan fingerprint density at radius 3 is 2.62 bits per heavy atom. The van der Waals surface area contributed by atoms with Crippen LogP contribution in [-0.4, -0.2) is 33.9 Å². The standard InChI is InChI=1S/C10H16N2O3S/c1-12(2)16(13,14)11-10-6-4-5-9(7-10)8-15-3/h4-7,11H,8H2,1-3H3. The van der Waals surface area contributed by atoms with Crippen molar-refractivity contribution in [2.75, 3.05) is 25.9 Å². The summed E-state index contributed by atoms with van der Waals surface area (Å²) in [6, 6.07) is 7.09. The molecule has 0 spiro atoms. The van der Waals surface area contributed by atoms with Crippen LogP contribution in [0.1, 0.15) is 5.56 Å². The molecule has 0 bridgehead atoms. The molecule has 0 aliphatic heterocycles. The minimum atomic E-state index is -3.44. The molecule has 0 fully saturated rings. The Morgan fingerprint density at radius 1 is 1.38 bits per heavy atom. The molecule has 1 rings (SSSR count). The van der Waals surface area contributed by atoms with E-state index in [9.17, 15) is 8.42 Å². The lowest BCUT2D eigenvalue weighted by molar-refractivity contribution is 0.185. The summed E-state index contributed by atoms with van der Waals surface area (Å²) < 4.78 is 31.7. The molecule has 0 amide bonds. The Kier molecular flexibility index (Phi) is 4.28. The fourth-order valence-corrected chi connectivity index (χ4v) is 1.74. The average Bonchev–Trinajstić information content (AvgIpc) is 2.17. The van der Waals surface area contributed by atoms with Crippen molar-refractivity contribution in [1.29, 1.82) is 0 Å². The van der Waals surface area contributed by atoms with Crippen LogP contribution in [0.15, 0.2) is 24.3 Å². The lowest BCUT2D eigenvalue weighted by Crippen LogP contribution is -2.28. The third-order valence-electron chi connectivity index (χ3n) is 1.97. The molecule has 0 unspecified atom stereocenters. The maximum atomic E-state index is 11.6. The van der Waals surface area contributed by atoms with Gasteiger partial charge in [0.1, 0.15) is 0 Å². The van der Waals surface area contributed by atoms with Crippen molar-refractivity contribution < 1.29 is 13.2 Å². The molecule has 0 saturated carbocycles. The van der Waals surface area contributed by atoms with Crippen molar-refractivity contribution in [3.63, 3.8) is 0 Å². The van der Waals surface area contributed by atoms with E-state index >= 15 is 0 Å². The molecule has 90 valence electrons. The summed E-state index contributed by atoms with van der Waals surface area (Å²) >= 11 is 0. The summed E-state index contributed by atoms with van der Waals surface area (Å²) in [4.78, 5) is 0. The van der Waals surface area contributed by atoms with Crippen molar-refractivity contribution in [1.82, 2.24) is 4.31 Å². The number of benzene rings is 1. The predicted molar refractivity (Wildman–Crippen MR) is 63.4 cm³/mol. The molecule has 1 aromatic rings. The number of ether oxygens (including phenoxy) is 1. The first-order chi connectivity index (χ1) is 7.45. The Hall–Kier alpha value is -1.11. The van der Waals surface area contributed by atoms with E-state index in [0.29, 0.717) is 12.3 Å². The molecule has 0 aromatic heterocycles. The van der Waals surface area contributed by atoms with Crippen molar-refractivity contribution in [2.45, 2.75) is 6.61 Å². The predicted octanol–water partition coefficient (Wildman–Crippen LogP) is 1.05. The van der Waals surface area contributed by atoms with Crippen LogP contribution in [0.2, 0.25) is 0 Å². The number of nitrogens with zero attached hydrogens (tertiary/aromatic N) is 1. The van der Waals surface area contributed by atoms with Gasteiger partial charge in [0.2, 0.25) is 0 Å². The summed E-state index contributed by atoms with van der Waals surface area (Å²) in [5.74, 6) is 0. The number of anilines is 1. The smallest absolute Gasteiger partial charge is 0.301 e. The van der Waals surface area contributed by atoms with Crippen molar-refractivity contribution >= 4 is 15.9 Å². The number of nitrogens with one attached hydrogen (secondary N) is 1. The number of hydrogen-bond acceptors (Lipinski definition) is 3. The Balaban J connectivity index is 2.86. The molecule has 0 aliphatic rings. The lowest BCUT2D eigenvalue weighted by Gasteiger charge is -2.13. The van der Waals surface area contributed by atoms with Gasteiger partial charge in [-0.1, -0.05) is 12.1 Å². The van der Waals surface area contributed by atoms with Gasteiger partial charge in [-0.25, -0.2) is 0 Å². The molecule has 16 heavy (non-hydrogen) atoms. The van der Waals surface area contributed by atoms with Crippen LogP contribution >= 0.6 is 0 Å². The fourth-order valence-electron chi connectivity index (χ4n) is 1.13. The average molecular weight is 244 g/mol. The normalized spacial score (nSPS) is 11.8. The van der Waals surface area contributed by atoms with Crippen LogP contribution in [0, 0.1) is 0 Å². The highest BCUT2D eigenvalue weighted by molar-refractivity contribution is 7.90. The highest BCUT2D eigenvalue weighted by Crippen LogP contribution is 2.13. The van der Waals surface area contributed by atoms with Crippen LogP contribution in [0.4, 0.5) is 5.69 Å². The topological polar surface area (TPSA) is 58.6 Å². The van der Waals surface area contributed by atoms with Crippen LogP contribution in [0.5, 0.6) is 0 Å². The van der Waals surface area contributed by atoms with E-state index in [2.05, 4.69) is 4.72 Å². The second-order valence-corrected chi connectivity index (χ2v) is 5.41. The maximum Gasteiger partial charge on any atom is 0.301 e. The minimum absolute atomic E-state index is 0.456. The third kappa shape index (κ3) is 3.48. The molecule has 6 heteroatoms. The van der Waals surface area contributed by atoms with Gasteiger partial charge in [0.15, 0.2) is 0 Å². The van der Waals surface area contributed by atoms with E-state index in [1.165, 1.54) is 14.1 Å². The van der Waals surface area contributed by atoms with Crippen LogP contribution < -0.4 is 4.72 Å². The minimum Gasteiger partial charge on any atom is -0.380 e. The van der Waals surface area contributed by atoms with E-state index in [0.717, 1.165) is 9.87 Å². The largest absolute Gasteiger partial charge is 0.380 e. The Bertz CT molecular complexity index is 443. The summed E-state index contributed by atoms with van der Waals surface area (Å²) in [5, 5.41) is 0. The molecule has 0 aliphatic carbocycles. The zero-order valence-corrected chi connectivity index (χ0v) is 10.4. The van der Waals surface area contributed by atoms with Gasteiger partial charge >= 0.3 is 10.2 Å². The van der Waals surface area contributed by atoms with Gasteiger partial charge in [-0.15, -0.1) is 0 Å². The van der Waals surface area contributed by atoms with Gasteiger partial charge in [-0.05, 0) is 17.7 Å². The molecule has 0 radical (unpaired) electrons. The molecule has 0 saturated heterocycles. The van der Waals surface area contributed by atoms with E-state index in [4.69, 9.17) is 4.74 Å². The van der Waals surface area contributed by atoms with E-state index < -0.39 is 10.2 Å². The quantitative estimate of drug-likeness (QED) is 0.842. The molecule has 1 N–H and O–H groups in total. The van der Waals surface area contributed by atoms with Crippen LogP contribution in [0.25, 0.3) is 0 Å². The Labute approximate surface area is 96.2 Å². The zero-order valence-electron chi connectivity index (χ0n) is 9.60. The van der Waals surface area contributed by atoms with Gasteiger partial charge in [0, 0.05) is 21.2 Å².